The fourth-order valence-electron chi connectivity index (χ4n) is 0.982. The minimum Gasteiger partial charge on any atom is -0.319 e. The molecule has 1 rings (SSSR count). The van der Waals surface area contributed by atoms with Crippen LogP contribution in [0.3, 0.4) is 0 Å². The van der Waals surface area contributed by atoms with E-state index in [1.165, 1.54) is 4.91 Å². The summed E-state index contributed by atoms with van der Waals surface area (Å²) in [6.07, 6.45) is 5.58. The number of hydrogen-bond acceptors (Lipinski definition) is 1. The molecule has 9 heavy (non-hydrogen) atoms. The van der Waals surface area contributed by atoms with Crippen LogP contribution in [0.5, 0.6) is 0 Å². The number of allylic oxidation sites excluding steroid dienone is 2. The molecule has 1 aliphatic heterocycles. The first-order valence-corrected chi connectivity index (χ1v) is 5.42. The van der Waals surface area contributed by atoms with Crippen LogP contribution in [-0.2, 0) is 4.18 Å². The van der Waals surface area contributed by atoms with Gasteiger partial charge in [0.25, 0.3) is 0 Å². The van der Waals surface area contributed by atoms with Crippen molar-refractivity contribution >= 4 is 10.3 Å². The summed E-state index contributed by atoms with van der Waals surface area (Å²) in [6, 6.07) is 0. The molecule has 1 heterocycles. The number of hydrogen-bond donors (Lipinski definition) is 0. The average molecular weight is 146 g/mol. The average Bonchev–Trinajstić information content (AvgIpc) is 2.52. The van der Waals surface area contributed by atoms with Gasteiger partial charge in [-0.15, -0.1) is 0 Å². The standard InChI is InChI=1S/C7H14OS/c1-4-7(5-2)9(3)6-8-9/h4H,5-6H2,1-3H3. The summed E-state index contributed by atoms with van der Waals surface area (Å²) in [6.45, 7) is 4.29. The van der Waals surface area contributed by atoms with Crippen molar-refractivity contribution in [1.82, 2.24) is 0 Å². The first-order chi connectivity index (χ1) is 4.23. The fourth-order valence-corrected chi connectivity index (χ4v) is 2.97. The van der Waals surface area contributed by atoms with E-state index in [0.717, 1.165) is 12.4 Å². The third-order valence-corrected chi connectivity index (χ3v) is 4.27. The maximum absolute atomic E-state index is 5.35. The van der Waals surface area contributed by atoms with E-state index >= 15 is 0 Å². The SMILES string of the molecule is CC=C(CC)S1(C)CO1. The Morgan fingerprint density at radius 1 is 1.78 bits per heavy atom. The van der Waals surface area contributed by atoms with Crippen LogP contribution in [0, 0.1) is 0 Å². The molecular weight excluding hydrogens is 132 g/mol. The lowest BCUT2D eigenvalue weighted by Gasteiger charge is -2.11. The summed E-state index contributed by atoms with van der Waals surface area (Å²) in [7, 11) is -0.654. The Bertz CT molecular complexity index is 136. The van der Waals surface area contributed by atoms with Crippen LogP contribution < -0.4 is 0 Å². The second-order valence-electron chi connectivity index (χ2n) is 2.35. The van der Waals surface area contributed by atoms with Crippen molar-refractivity contribution in [1.29, 1.82) is 0 Å². The monoisotopic (exact) mass is 146 g/mol. The highest BCUT2D eigenvalue weighted by molar-refractivity contribution is 8.36. The zero-order valence-electron chi connectivity index (χ0n) is 6.31. The highest BCUT2D eigenvalue weighted by Gasteiger charge is 2.35. The minimum absolute atomic E-state index is 0.654. The Morgan fingerprint density at radius 3 is 2.44 bits per heavy atom. The lowest BCUT2D eigenvalue weighted by Crippen LogP contribution is -1.81. The van der Waals surface area contributed by atoms with Gasteiger partial charge in [-0.2, -0.15) is 0 Å². The van der Waals surface area contributed by atoms with Crippen molar-refractivity contribution in [3.05, 3.63) is 11.0 Å². The van der Waals surface area contributed by atoms with Crippen molar-refractivity contribution in [3.63, 3.8) is 0 Å². The predicted octanol–water partition coefficient (Wildman–Crippen LogP) is 2.64. The molecule has 0 aromatic rings. The van der Waals surface area contributed by atoms with Crippen LogP contribution in [0.25, 0.3) is 0 Å². The van der Waals surface area contributed by atoms with Gasteiger partial charge in [0.05, 0.1) is 0 Å². The van der Waals surface area contributed by atoms with Crippen LogP contribution in [0.15, 0.2) is 11.0 Å². The van der Waals surface area contributed by atoms with Gasteiger partial charge >= 0.3 is 0 Å². The lowest BCUT2D eigenvalue weighted by atomic mass is 10.4. The Kier molecular flexibility index (Phi) is 1.87. The van der Waals surface area contributed by atoms with E-state index in [1.807, 2.05) is 0 Å². The molecule has 0 aromatic heterocycles. The summed E-state index contributed by atoms with van der Waals surface area (Å²) < 4.78 is 5.35. The third kappa shape index (κ3) is 1.30. The van der Waals surface area contributed by atoms with E-state index in [1.54, 1.807) is 0 Å². The largest absolute Gasteiger partial charge is 0.319 e. The first-order valence-electron chi connectivity index (χ1n) is 3.28. The van der Waals surface area contributed by atoms with Crippen molar-refractivity contribution in [2.45, 2.75) is 20.3 Å². The summed E-state index contributed by atoms with van der Waals surface area (Å²) in [4.78, 5) is 1.52. The van der Waals surface area contributed by atoms with Crippen LogP contribution in [0.4, 0.5) is 0 Å². The summed E-state index contributed by atoms with van der Waals surface area (Å²) in [5.74, 6) is 1.00. The van der Waals surface area contributed by atoms with E-state index in [2.05, 4.69) is 26.2 Å². The predicted molar refractivity (Wildman–Crippen MR) is 43.5 cm³/mol. The van der Waals surface area contributed by atoms with E-state index in [4.69, 9.17) is 4.18 Å². The normalized spacial score (nSPS) is 41.9. The van der Waals surface area contributed by atoms with Crippen molar-refractivity contribution in [2.24, 2.45) is 0 Å². The van der Waals surface area contributed by atoms with E-state index in [-0.39, 0.29) is 0 Å². The Balaban J connectivity index is 2.58. The van der Waals surface area contributed by atoms with Crippen molar-refractivity contribution in [3.8, 4) is 0 Å². The maximum atomic E-state index is 5.35. The van der Waals surface area contributed by atoms with Gasteiger partial charge in [0.1, 0.15) is 5.94 Å². The molecule has 0 radical (unpaired) electrons. The molecule has 0 N–H and O–H groups in total. The smallest absolute Gasteiger partial charge is 0.114 e. The molecule has 1 fully saturated rings. The molecule has 54 valence electrons. The highest BCUT2D eigenvalue weighted by Crippen LogP contribution is 2.67. The summed E-state index contributed by atoms with van der Waals surface area (Å²) in [5.41, 5.74) is 0. The molecular formula is C7H14OS. The Hall–Kier alpha value is 0.0500. The zero-order valence-corrected chi connectivity index (χ0v) is 7.12. The summed E-state index contributed by atoms with van der Waals surface area (Å²) in [5, 5.41) is 0. The van der Waals surface area contributed by atoms with Crippen LogP contribution in [0.2, 0.25) is 0 Å². The molecule has 0 amide bonds. The van der Waals surface area contributed by atoms with Crippen LogP contribution in [-0.4, -0.2) is 12.2 Å². The van der Waals surface area contributed by atoms with Gasteiger partial charge in [0, 0.05) is 0 Å². The van der Waals surface area contributed by atoms with E-state index in [9.17, 15) is 0 Å². The molecule has 1 saturated heterocycles. The Morgan fingerprint density at radius 2 is 2.33 bits per heavy atom. The zero-order chi connectivity index (χ0) is 6.91. The molecule has 0 saturated carbocycles. The Labute approximate surface area is 58.6 Å². The van der Waals surface area contributed by atoms with Crippen LogP contribution >= 0.6 is 10.3 Å². The first kappa shape index (κ1) is 7.16. The van der Waals surface area contributed by atoms with E-state index in [0.29, 0.717) is 0 Å². The van der Waals surface area contributed by atoms with Gasteiger partial charge in [0.15, 0.2) is 0 Å². The molecule has 1 unspecified atom stereocenters. The van der Waals surface area contributed by atoms with Gasteiger partial charge < -0.3 is 4.18 Å². The van der Waals surface area contributed by atoms with Gasteiger partial charge in [-0.3, -0.25) is 0 Å². The highest BCUT2D eigenvalue weighted by atomic mass is 32.3. The second-order valence-corrected chi connectivity index (χ2v) is 5.35. The topological polar surface area (TPSA) is 12.5 Å². The third-order valence-electron chi connectivity index (χ3n) is 1.70. The molecule has 1 nitrogen and oxygen atoms in total. The molecule has 0 spiro atoms. The molecule has 0 aliphatic carbocycles. The fraction of sp³-hybridized carbons (Fsp3) is 0.714. The minimum atomic E-state index is -0.654. The van der Waals surface area contributed by atoms with Gasteiger partial charge in [-0.25, -0.2) is 0 Å². The lowest BCUT2D eigenvalue weighted by molar-refractivity contribution is 0.574. The van der Waals surface area contributed by atoms with Crippen LogP contribution in [0.1, 0.15) is 20.3 Å². The second kappa shape index (κ2) is 2.35. The molecule has 1 atom stereocenters. The molecule has 1 aliphatic rings. The van der Waals surface area contributed by atoms with Gasteiger partial charge in [-0.1, -0.05) is 23.3 Å². The quantitative estimate of drug-likeness (QED) is 0.546. The van der Waals surface area contributed by atoms with Crippen molar-refractivity contribution in [2.75, 3.05) is 12.2 Å². The van der Waals surface area contributed by atoms with E-state index < -0.39 is 10.3 Å². The summed E-state index contributed by atoms with van der Waals surface area (Å²) >= 11 is 0. The number of rotatable bonds is 2. The van der Waals surface area contributed by atoms with Gasteiger partial charge in [0.2, 0.25) is 0 Å². The maximum Gasteiger partial charge on any atom is 0.114 e. The van der Waals surface area contributed by atoms with Gasteiger partial charge in [-0.05, 0) is 24.5 Å². The molecule has 2 heteroatoms. The molecule has 0 bridgehead atoms. The van der Waals surface area contributed by atoms with Crippen molar-refractivity contribution < 1.29 is 4.18 Å². The molecule has 0 aromatic carbocycles.